The van der Waals surface area contributed by atoms with Crippen LogP contribution in [0.4, 0.5) is 0 Å². The molecular formula is C23H29NO5. The third-order valence-electron chi connectivity index (χ3n) is 5.34. The summed E-state index contributed by atoms with van der Waals surface area (Å²) in [5.41, 5.74) is 2.18. The molecule has 0 aliphatic carbocycles. The number of hydrogen-bond donors (Lipinski definition) is 1. The van der Waals surface area contributed by atoms with Gasteiger partial charge in [-0.2, -0.15) is 5.06 Å². The average molecular weight is 399 g/mol. The number of hydroxylamine groups is 2. The van der Waals surface area contributed by atoms with Gasteiger partial charge in [-0.3, -0.25) is 4.84 Å². The van der Waals surface area contributed by atoms with E-state index in [9.17, 15) is 5.11 Å². The van der Waals surface area contributed by atoms with Gasteiger partial charge in [-0.25, -0.2) is 0 Å². The van der Waals surface area contributed by atoms with Crippen molar-refractivity contribution in [2.45, 2.75) is 57.1 Å². The smallest absolute Gasteiger partial charge is 0.163 e. The van der Waals surface area contributed by atoms with Gasteiger partial charge in [-0.05, 0) is 25.0 Å². The molecule has 0 spiro atoms. The minimum Gasteiger partial charge on any atom is -0.388 e. The Morgan fingerprint density at radius 1 is 1.00 bits per heavy atom. The van der Waals surface area contributed by atoms with Crippen LogP contribution in [0.15, 0.2) is 60.7 Å². The first-order valence-corrected chi connectivity index (χ1v) is 10.1. The van der Waals surface area contributed by atoms with E-state index in [1.54, 1.807) is 0 Å². The molecule has 2 aromatic carbocycles. The van der Waals surface area contributed by atoms with Crippen LogP contribution in [0.2, 0.25) is 0 Å². The molecule has 4 rings (SSSR count). The molecule has 6 heteroatoms. The van der Waals surface area contributed by atoms with E-state index in [0.717, 1.165) is 11.1 Å². The molecule has 2 aliphatic heterocycles. The van der Waals surface area contributed by atoms with Gasteiger partial charge < -0.3 is 19.3 Å². The molecule has 0 unspecified atom stereocenters. The Morgan fingerprint density at radius 3 is 2.28 bits per heavy atom. The molecule has 1 N–H and O–H groups in total. The molecule has 0 bridgehead atoms. The SMILES string of the molecule is CC1(C)OC[C@H]([C@H]2[C@@H](OCc3ccccc3)[C@H](O)CON2Cc2ccccc2)O1. The minimum absolute atomic E-state index is 0.180. The number of benzene rings is 2. The van der Waals surface area contributed by atoms with Gasteiger partial charge in [0, 0.05) is 6.54 Å². The Hall–Kier alpha value is -1.80. The predicted octanol–water partition coefficient (Wildman–Crippen LogP) is 2.90. The molecule has 2 saturated heterocycles. The second-order valence-electron chi connectivity index (χ2n) is 8.04. The maximum absolute atomic E-state index is 10.7. The van der Waals surface area contributed by atoms with Crippen LogP contribution in [-0.2, 0) is 32.2 Å². The summed E-state index contributed by atoms with van der Waals surface area (Å²) < 4.78 is 18.2. The summed E-state index contributed by atoms with van der Waals surface area (Å²) in [7, 11) is 0. The first-order valence-electron chi connectivity index (χ1n) is 10.1. The summed E-state index contributed by atoms with van der Waals surface area (Å²) in [4.78, 5) is 5.94. The molecule has 0 amide bonds. The summed E-state index contributed by atoms with van der Waals surface area (Å²) in [5.74, 6) is -0.671. The lowest BCUT2D eigenvalue weighted by molar-refractivity contribution is -0.304. The number of rotatable bonds is 6. The monoisotopic (exact) mass is 399 g/mol. The molecule has 2 fully saturated rings. The highest BCUT2D eigenvalue weighted by Gasteiger charge is 2.49. The number of aliphatic hydroxyl groups is 1. The van der Waals surface area contributed by atoms with Crippen LogP contribution in [-0.4, -0.2) is 53.5 Å². The van der Waals surface area contributed by atoms with Crippen molar-refractivity contribution in [3.63, 3.8) is 0 Å². The van der Waals surface area contributed by atoms with Crippen molar-refractivity contribution in [2.24, 2.45) is 0 Å². The molecule has 0 radical (unpaired) electrons. The Morgan fingerprint density at radius 2 is 1.66 bits per heavy atom. The van der Waals surface area contributed by atoms with Gasteiger partial charge in [-0.1, -0.05) is 60.7 Å². The third-order valence-corrected chi connectivity index (χ3v) is 5.34. The molecule has 156 valence electrons. The van der Waals surface area contributed by atoms with Gasteiger partial charge in [0.1, 0.15) is 18.3 Å². The fourth-order valence-electron chi connectivity index (χ4n) is 3.92. The molecule has 0 saturated carbocycles. The second-order valence-corrected chi connectivity index (χ2v) is 8.04. The lowest BCUT2D eigenvalue weighted by Crippen LogP contribution is -2.61. The zero-order chi connectivity index (χ0) is 20.3. The molecule has 2 aliphatic rings. The highest BCUT2D eigenvalue weighted by atomic mass is 16.8. The Labute approximate surface area is 171 Å². The zero-order valence-corrected chi connectivity index (χ0v) is 16.9. The maximum Gasteiger partial charge on any atom is 0.163 e. The standard InChI is InChI=1S/C23H29NO5/c1-23(2)27-16-20(29-23)21-22(26-14-18-11-7-4-8-12-18)19(25)15-28-24(21)13-17-9-5-3-6-10-17/h3-12,19-22,25H,13-16H2,1-2H3/t19-,20-,21+,22+/m1/s1. The van der Waals surface area contributed by atoms with Crippen molar-refractivity contribution in [1.29, 1.82) is 0 Å². The largest absolute Gasteiger partial charge is 0.388 e. The summed E-state index contributed by atoms with van der Waals surface area (Å²) in [6.45, 7) is 5.38. The summed E-state index contributed by atoms with van der Waals surface area (Å²) in [5, 5.41) is 12.6. The zero-order valence-electron chi connectivity index (χ0n) is 16.9. The minimum atomic E-state index is -0.747. The van der Waals surface area contributed by atoms with E-state index >= 15 is 0 Å². The van der Waals surface area contributed by atoms with E-state index in [4.69, 9.17) is 19.0 Å². The van der Waals surface area contributed by atoms with Crippen LogP contribution in [0.5, 0.6) is 0 Å². The fraction of sp³-hybridized carbons (Fsp3) is 0.478. The highest BCUT2D eigenvalue weighted by molar-refractivity contribution is 5.15. The number of nitrogens with zero attached hydrogens (tertiary/aromatic N) is 1. The quantitative estimate of drug-likeness (QED) is 0.806. The summed E-state index contributed by atoms with van der Waals surface area (Å²) in [6, 6.07) is 19.8. The summed E-state index contributed by atoms with van der Waals surface area (Å²) >= 11 is 0. The van der Waals surface area contributed by atoms with E-state index in [1.165, 1.54) is 0 Å². The lowest BCUT2D eigenvalue weighted by atomic mass is 9.97. The normalized spacial score (nSPS) is 29.8. The van der Waals surface area contributed by atoms with Crippen LogP contribution in [0.25, 0.3) is 0 Å². The molecule has 4 atom stereocenters. The Bertz CT molecular complexity index is 769. The van der Waals surface area contributed by atoms with Crippen molar-refractivity contribution in [3.8, 4) is 0 Å². The molecule has 2 heterocycles. The highest BCUT2D eigenvalue weighted by Crippen LogP contribution is 2.32. The van der Waals surface area contributed by atoms with E-state index < -0.39 is 18.0 Å². The van der Waals surface area contributed by atoms with Crippen molar-refractivity contribution in [2.75, 3.05) is 13.2 Å². The van der Waals surface area contributed by atoms with Crippen molar-refractivity contribution in [1.82, 2.24) is 5.06 Å². The number of ether oxygens (including phenoxy) is 3. The van der Waals surface area contributed by atoms with Crippen LogP contribution in [0, 0.1) is 0 Å². The molecule has 6 nitrogen and oxygen atoms in total. The average Bonchev–Trinajstić information content (AvgIpc) is 3.09. The first kappa shape index (κ1) is 20.5. The molecule has 0 aromatic heterocycles. The Balaban J connectivity index is 1.55. The van der Waals surface area contributed by atoms with E-state index in [0.29, 0.717) is 19.8 Å². The molecule has 2 aromatic rings. The van der Waals surface area contributed by atoms with Gasteiger partial charge in [0.15, 0.2) is 5.79 Å². The maximum atomic E-state index is 10.7. The van der Waals surface area contributed by atoms with Crippen molar-refractivity contribution >= 4 is 0 Å². The van der Waals surface area contributed by atoms with Crippen molar-refractivity contribution < 1.29 is 24.2 Å². The number of aliphatic hydroxyl groups excluding tert-OH is 1. The molecule has 29 heavy (non-hydrogen) atoms. The third kappa shape index (κ3) is 5.04. The number of hydrogen-bond acceptors (Lipinski definition) is 6. The van der Waals surface area contributed by atoms with Gasteiger partial charge in [-0.15, -0.1) is 0 Å². The topological polar surface area (TPSA) is 60.4 Å². The predicted molar refractivity (Wildman–Crippen MR) is 108 cm³/mol. The van der Waals surface area contributed by atoms with Crippen molar-refractivity contribution in [3.05, 3.63) is 71.8 Å². The van der Waals surface area contributed by atoms with Gasteiger partial charge in [0.05, 0.1) is 25.9 Å². The van der Waals surface area contributed by atoms with Crippen LogP contribution in [0.3, 0.4) is 0 Å². The lowest BCUT2D eigenvalue weighted by Gasteiger charge is -2.44. The fourth-order valence-corrected chi connectivity index (χ4v) is 3.92. The van der Waals surface area contributed by atoms with E-state index in [1.807, 2.05) is 67.4 Å². The summed E-state index contributed by atoms with van der Waals surface area (Å²) in [6.07, 6.45) is -1.48. The first-order chi connectivity index (χ1) is 14.0. The van der Waals surface area contributed by atoms with E-state index in [-0.39, 0.29) is 18.8 Å². The second kappa shape index (κ2) is 8.92. The van der Waals surface area contributed by atoms with Gasteiger partial charge in [0.25, 0.3) is 0 Å². The van der Waals surface area contributed by atoms with Gasteiger partial charge in [0.2, 0.25) is 0 Å². The Kier molecular flexibility index (Phi) is 6.29. The van der Waals surface area contributed by atoms with Crippen LogP contribution < -0.4 is 0 Å². The van der Waals surface area contributed by atoms with E-state index in [2.05, 4.69) is 12.1 Å². The van der Waals surface area contributed by atoms with Gasteiger partial charge >= 0.3 is 0 Å². The van der Waals surface area contributed by atoms with Crippen LogP contribution >= 0.6 is 0 Å². The van der Waals surface area contributed by atoms with Crippen LogP contribution in [0.1, 0.15) is 25.0 Å². The molecular weight excluding hydrogens is 370 g/mol.